The van der Waals surface area contributed by atoms with Crippen LogP contribution in [-0.2, 0) is 17.1 Å². The van der Waals surface area contributed by atoms with Gasteiger partial charge in [0.15, 0.2) is 17.4 Å². The molecule has 2 aromatic carbocycles. The van der Waals surface area contributed by atoms with E-state index in [0.717, 1.165) is 12.1 Å². The van der Waals surface area contributed by atoms with E-state index in [9.17, 15) is 22.0 Å². The second kappa shape index (κ2) is 8.60. The highest BCUT2D eigenvalue weighted by Crippen LogP contribution is 2.40. The van der Waals surface area contributed by atoms with Gasteiger partial charge in [-0.1, -0.05) is 0 Å². The minimum atomic E-state index is -3.57. The summed E-state index contributed by atoms with van der Waals surface area (Å²) in [4.78, 5) is 12.5. The Hall–Kier alpha value is -3.24. The fourth-order valence-electron chi connectivity index (χ4n) is 3.42. The van der Waals surface area contributed by atoms with E-state index >= 15 is 0 Å². The summed E-state index contributed by atoms with van der Waals surface area (Å²) in [6, 6.07) is 8.48. The van der Waals surface area contributed by atoms with E-state index in [1.54, 1.807) is 31.6 Å². The predicted octanol–water partition coefficient (Wildman–Crippen LogP) is 5.41. The monoisotopic (exact) mass is 490 g/mol. The van der Waals surface area contributed by atoms with Gasteiger partial charge in [0.1, 0.15) is 10.4 Å². The molecule has 0 aliphatic rings. The molecule has 6 nitrogen and oxygen atoms in total. The van der Waals surface area contributed by atoms with Crippen LogP contribution < -0.4 is 15.0 Å². The molecule has 0 atom stereocenters. The summed E-state index contributed by atoms with van der Waals surface area (Å²) in [5.41, 5.74) is 1.38. The predicted molar refractivity (Wildman–Crippen MR) is 127 cm³/mol. The molecule has 0 fully saturated rings. The summed E-state index contributed by atoms with van der Waals surface area (Å²) in [6.07, 6.45) is 1.58. The van der Waals surface area contributed by atoms with Gasteiger partial charge in [0.05, 0.1) is 5.75 Å². The first-order chi connectivity index (χ1) is 15.6. The standard InChI is InChI=1S/C23H20F2N2O4S2/c1-4-33(29,30)26-14-5-6-20(31-21-18(24)9-13(2)10-19(21)25)16(11-14)17-12-27(3)23(28)22-15(17)7-8-32-22/h5-12,26H,4H2,1-3H3. The van der Waals surface area contributed by atoms with Crippen LogP contribution in [0.25, 0.3) is 21.2 Å². The van der Waals surface area contributed by atoms with Gasteiger partial charge in [-0.15, -0.1) is 11.3 Å². The van der Waals surface area contributed by atoms with Crippen molar-refractivity contribution in [2.24, 2.45) is 7.05 Å². The van der Waals surface area contributed by atoms with Gasteiger partial charge in [0, 0.05) is 35.4 Å². The fourth-order valence-corrected chi connectivity index (χ4v) is 4.94. The molecule has 2 heterocycles. The third-order valence-electron chi connectivity index (χ3n) is 5.07. The van der Waals surface area contributed by atoms with E-state index in [0.29, 0.717) is 26.8 Å². The van der Waals surface area contributed by atoms with Gasteiger partial charge >= 0.3 is 0 Å². The molecule has 0 amide bonds. The van der Waals surface area contributed by atoms with Gasteiger partial charge in [0.2, 0.25) is 10.0 Å². The maximum absolute atomic E-state index is 14.5. The van der Waals surface area contributed by atoms with E-state index in [1.807, 2.05) is 0 Å². The number of aryl methyl sites for hydroxylation is 2. The lowest BCUT2D eigenvalue weighted by Gasteiger charge is -2.16. The summed E-state index contributed by atoms with van der Waals surface area (Å²) >= 11 is 1.27. The second-order valence-electron chi connectivity index (χ2n) is 7.50. The van der Waals surface area contributed by atoms with Gasteiger partial charge in [-0.25, -0.2) is 17.2 Å². The molecule has 0 aliphatic heterocycles. The van der Waals surface area contributed by atoms with Crippen molar-refractivity contribution in [3.05, 3.63) is 75.5 Å². The van der Waals surface area contributed by atoms with Crippen LogP contribution >= 0.6 is 11.3 Å². The van der Waals surface area contributed by atoms with Gasteiger partial charge in [0.25, 0.3) is 5.56 Å². The number of nitrogens with zero attached hydrogens (tertiary/aromatic N) is 1. The lowest BCUT2D eigenvalue weighted by molar-refractivity contribution is 0.408. The lowest BCUT2D eigenvalue weighted by atomic mass is 10.0. The highest BCUT2D eigenvalue weighted by Gasteiger charge is 2.20. The zero-order valence-corrected chi connectivity index (χ0v) is 19.6. The quantitative estimate of drug-likeness (QED) is 0.392. The Labute approximate surface area is 193 Å². The Morgan fingerprint density at radius 1 is 1.09 bits per heavy atom. The number of benzene rings is 2. The maximum atomic E-state index is 14.5. The van der Waals surface area contributed by atoms with Gasteiger partial charge in [-0.05, 0) is 61.2 Å². The van der Waals surface area contributed by atoms with E-state index in [4.69, 9.17) is 4.74 Å². The molecule has 33 heavy (non-hydrogen) atoms. The Morgan fingerprint density at radius 2 is 1.79 bits per heavy atom. The number of ether oxygens (including phenoxy) is 1. The third kappa shape index (κ3) is 4.49. The number of hydrogen-bond donors (Lipinski definition) is 1. The molecule has 0 bridgehead atoms. The number of fused-ring (bicyclic) bond motifs is 1. The minimum absolute atomic E-state index is 0.0993. The fraction of sp³-hybridized carbons (Fsp3) is 0.174. The minimum Gasteiger partial charge on any atom is -0.451 e. The normalized spacial score (nSPS) is 11.7. The summed E-state index contributed by atoms with van der Waals surface area (Å²) in [6.45, 7) is 3.07. The van der Waals surface area contributed by atoms with Crippen molar-refractivity contribution in [2.75, 3.05) is 10.5 Å². The highest BCUT2D eigenvalue weighted by molar-refractivity contribution is 7.92. The molecule has 0 spiro atoms. The molecule has 172 valence electrons. The molecule has 0 saturated carbocycles. The zero-order chi connectivity index (χ0) is 23.9. The molecule has 0 saturated heterocycles. The van der Waals surface area contributed by atoms with Gasteiger partial charge < -0.3 is 9.30 Å². The largest absolute Gasteiger partial charge is 0.451 e. The van der Waals surface area contributed by atoms with Crippen LogP contribution in [0.1, 0.15) is 12.5 Å². The summed E-state index contributed by atoms with van der Waals surface area (Å²) < 4.78 is 63.2. The number of nitrogens with one attached hydrogen (secondary N) is 1. The van der Waals surface area contributed by atoms with E-state index < -0.39 is 27.4 Å². The van der Waals surface area contributed by atoms with E-state index in [-0.39, 0.29) is 22.7 Å². The third-order valence-corrected chi connectivity index (χ3v) is 7.28. The van der Waals surface area contributed by atoms with Crippen LogP contribution in [0.2, 0.25) is 0 Å². The van der Waals surface area contributed by atoms with Crippen molar-refractivity contribution in [3.63, 3.8) is 0 Å². The number of rotatable bonds is 6. The van der Waals surface area contributed by atoms with Crippen LogP contribution in [0.15, 0.2) is 52.8 Å². The van der Waals surface area contributed by atoms with Gasteiger partial charge in [-0.2, -0.15) is 0 Å². The Kier molecular flexibility index (Phi) is 5.98. The van der Waals surface area contributed by atoms with Crippen LogP contribution in [0.5, 0.6) is 11.5 Å². The molecule has 1 N–H and O–H groups in total. The van der Waals surface area contributed by atoms with Crippen molar-refractivity contribution in [1.29, 1.82) is 0 Å². The van der Waals surface area contributed by atoms with Crippen LogP contribution in [0.4, 0.5) is 14.5 Å². The summed E-state index contributed by atoms with van der Waals surface area (Å²) in [7, 11) is -1.98. The van der Waals surface area contributed by atoms with E-state index in [2.05, 4.69) is 4.72 Å². The Bertz CT molecular complexity index is 1520. The summed E-state index contributed by atoms with van der Waals surface area (Å²) in [5, 5.41) is 2.38. The molecule has 2 aromatic heterocycles. The number of sulfonamides is 1. The highest BCUT2D eigenvalue weighted by atomic mass is 32.2. The molecule has 10 heteroatoms. The first kappa shape index (κ1) is 22.9. The number of halogens is 2. The number of hydrogen-bond acceptors (Lipinski definition) is 5. The zero-order valence-electron chi connectivity index (χ0n) is 18.0. The van der Waals surface area contributed by atoms with E-state index in [1.165, 1.54) is 41.0 Å². The number of pyridine rings is 1. The van der Waals surface area contributed by atoms with Crippen LogP contribution in [0, 0.1) is 18.6 Å². The van der Waals surface area contributed by atoms with Crippen molar-refractivity contribution in [1.82, 2.24) is 4.57 Å². The van der Waals surface area contributed by atoms with Gasteiger partial charge in [-0.3, -0.25) is 9.52 Å². The molecule has 0 unspecified atom stereocenters. The Balaban J connectivity index is 1.95. The molecular weight excluding hydrogens is 470 g/mol. The molecule has 4 rings (SSSR count). The van der Waals surface area contributed by atoms with Crippen LogP contribution in [-0.4, -0.2) is 18.7 Å². The average Bonchev–Trinajstić information content (AvgIpc) is 3.24. The van der Waals surface area contributed by atoms with Crippen LogP contribution in [0.3, 0.4) is 0 Å². The Morgan fingerprint density at radius 3 is 2.45 bits per heavy atom. The number of aromatic nitrogens is 1. The summed E-state index contributed by atoms with van der Waals surface area (Å²) in [5.74, 6) is -2.34. The van der Waals surface area contributed by atoms with Crippen molar-refractivity contribution in [3.8, 4) is 22.6 Å². The molecule has 0 aliphatic carbocycles. The smallest absolute Gasteiger partial charge is 0.268 e. The second-order valence-corrected chi connectivity index (χ2v) is 10.4. The molecule has 0 radical (unpaired) electrons. The van der Waals surface area contributed by atoms with Crippen molar-refractivity contribution >= 4 is 37.1 Å². The molecule has 4 aromatic rings. The maximum Gasteiger partial charge on any atom is 0.268 e. The average molecular weight is 491 g/mol. The number of thiophene rings is 1. The SMILES string of the molecule is CCS(=O)(=O)Nc1ccc(Oc2c(F)cc(C)cc2F)c(-c2cn(C)c(=O)c3sccc23)c1. The first-order valence-corrected chi connectivity index (χ1v) is 12.5. The number of anilines is 1. The van der Waals surface area contributed by atoms with Crippen molar-refractivity contribution in [2.45, 2.75) is 13.8 Å². The topological polar surface area (TPSA) is 77.4 Å². The molecular formula is C23H20F2N2O4S2. The van der Waals surface area contributed by atoms with Crippen molar-refractivity contribution < 1.29 is 21.9 Å². The lowest BCUT2D eigenvalue weighted by Crippen LogP contribution is -2.16. The first-order valence-electron chi connectivity index (χ1n) is 9.95.